The van der Waals surface area contributed by atoms with E-state index in [0.29, 0.717) is 6.61 Å². The van der Waals surface area contributed by atoms with Gasteiger partial charge < -0.3 is 14.0 Å². The molecule has 0 aliphatic heterocycles. The summed E-state index contributed by atoms with van der Waals surface area (Å²) in [4.78, 5) is 11.9. The number of benzene rings is 2. The van der Waals surface area contributed by atoms with E-state index in [9.17, 15) is 4.79 Å². The predicted octanol–water partition coefficient (Wildman–Crippen LogP) is 4.17. The van der Waals surface area contributed by atoms with Crippen molar-refractivity contribution in [1.29, 1.82) is 0 Å². The van der Waals surface area contributed by atoms with E-state index in [2.05, 4.69) is 0 Å². The van der Waals surface area contributed by atoms with Crippen LogP contribution in [0.5, 0.6) is 5.75 Å². The maximum absolute atomic E-state index is 11.9. The summed E-state index contributed by atoms with van der Waals surface area (Å²) in [6.07, 6.45) is 1.78. The van der Waals surface area contributed by atoms with Gasteiger partial charge in [-0.1, -0.05) is 36.4 Å². The number of esters is 1. The monoisotopic (exact) mass is 323 g/mol. The second kappa shape index (κ2) is 7.21. The highest BCUT2D eigenvalue weighted by atomic mass is 16.5. The van der Waals surface area contributed by atoms with Crippen LogP contribution in [0.4, 0.5) is 0 Å². The molecule has 0 spiro atoms. The molecule has 0 unspecified atom stereocenters. The smallest absolute Gasteiger partial charge is 0.326 e. The molecule has 124 valence electrons. The van der Waals surface area contributed by atoms with Crippen molar-refractivity contribution in [3.05, 3.63) is 66.4 Å². The number of hydrogen-bond donors (Lipinski definition) is 0. The molecule has 0 amide bonds. The maximum Gasteiger partial charge on any atom is 0.326 e. The molecular weight excluding hydrogens is 302 g/mol. The van der Waals surface area contributed by atoms with Crippen LogP contribution in [0, 0.1) is 0 Å². The lowest BCUT2D eigenvalue weighted by Gasteiger charge is -2.10. The highest BCUT2D eigenvalue weighted by Crippen LogP contribution is 2.27. The number of hydrogen-bond acceptors (Lipinski definition) is 3. The van der Waals surface area contributed by atoms with Gasteiger partial charge in [0.1, 0.15) is 18.9 Å². The van der Waals surface area contributed by atoms with Gasteiger partial charge in [-0.25, -0.2) is 0 Å². The second-order valence-electron chi connectivity index (χ2n) is 5.95. The van der Waals surface area contributed by atoms with Gasteiger partial charge in [0, 0.05) is 11.6 Å². The van der Waals surface area contributed by atoms with Crippen LogP contribution in [0.3, 0.4) is 0 Å². The molecule has 3 aromatic rings. The number of carbonyl (C=O) groups excluding carboxylic acids is 1. The number of fused-ring (bicyclic) bond motifs is 1. The molecule has 1 heterocycles. The summed E-state index contributed by atoms with van der Waals surface area (Å²) in [5.74, 6) is 0.574. The molecule has 0 aliphatic rings. The third kappa shape index (κ3) is 3.77. The van der Waals surface area contributed by atoms with Crippen molar-refractivity contribution in [2.45, 2.75) is 33.1 Å². The zero-order valence-corrected chi connectivity index (χ0v) is 13.9. The zero-order valence-electron chi connectivity index (χ0n) is 13.9. The summed E-state index contributed by atoms with van der Waals surface area (Å²) >= 11 is 0. The Labute approximate surface area is 141 Å². The number of rotatable bonds is 6. The molecule has 0 aliphatic carbocycles. The molecular formula is C20H21NO3. The van der Waals surface area contributed by atoms with Gasteiger partial charge in [-0.2, -0.15) is 0 Å². The quantitative estimate of drug-likeness (QED) is 0.639. The number of ether oxygens (including phenoxy) is 2. The fourth-order valence-electron chi connectivity index (χ4n) is 2.63. The summed E-state index contributed by atoms with van der Waals surface area (Å²) < 4.78 is 13.1. The van der Waals surface area contributed by atoms with Crippen LogP contribution in [0.2, 0.25) is 0 Å². The molecule has 0 radical (unpaired) electrons. The SMILES string of the molecule is CC(C)OC(=O)Cn1ccc2c(OCc3ccccc3)cccc21. The van der Waals surface area contributed by atoms with E-state index in [-0.39, 0.29) is 18.6 Å². The molecule has 0 atom stereocenters. The standard InChI is InChI=1S/C20H21NO3/c1-15(2)24-20(22)13-21-12-11-17-18(21)9-6-10-19(17)23-14-16-7-4-3-5-8-16/h3-12,15H,13-14H2,1-2H3. The van der Waals surface area contributed by atoms with Crippen LogP contribution in [0.15, 0.2) is 60.8 Å². The fraction of sp³-hybridized carbons (Fsp3) is 0.250. The average molecular weight is 323 g/mol. The van der Waals surface area contributed by atoms with Crippen LogP contribution in [-0.2, 0) is 22.7 Å². The van der Waals surface area contributed by atoms with Crippen molar-refractivity contribution >= 4 is 16.9 Å². The first-order valence-corrected chi connectivity index (χ1v) is 8.07. The first kappa shape index (κ1) is 16.1. The molecule has 4 heteroatoms. The molecule has 3 rings (SSSR count). The van der Waals surface area contributed by atoms with Crippen molar-refractivity contribution in [2.75, 3.05) is 0 Å². The van der Waals surface area contributed by atoms with E-state index in [0.717, 1.165) is 22.2 Å². The topological polar surface area (TPSA) is 40.5 Å². The number of carbonyl (C=O) groups is 1. The second-order valence-corrected chi connectivity index (χ2v) is 5.95. The Balaban J connectivity index is 1.77. The number of nitrogens with zero attached hydrogens (tertiary/aromatic N) is 1. The number of aromatic nitrogens is 1. The van der Waals surface area contributed by atoms with E-state index in [4.69, 9.17) is 9.47 Å². The van der Waals surface area contributed by atoms with Crippen molar-refractivity contribution in [3.8, 4) is 5.75 Å². The summed E-state index contributed by atoms with van der Waals surface area (Å²) in [5.41, 5.74) is 2.08. The van der Waals surface area contributed by atoms with Gasteiger partial charge >= 0.3 is 5.97 Å². The normalized spacial score (nSPS) is 11.0. The average Bonchev–Trinajstić information content (AvgIpc) is 2.97. The Morgan fingerprint density at radius 2 is 1.83 bits per heavy atom. The minimum absolute atomic E-state index is 0.107. The minimum Gasteiger partial charge on any atom is -0.488 e. The lowest BCUT2D eigenvalue weighted by atomic mass is 10.2. The highest BCUT2D eigenvalue weighted by molar-refractivity contribution is 5.87. The minimum atomic E-state index is -0.238. The van der Waals surface area contributed by atoms with Crippen molar-refractivity contribution in [2.24, 2.45) is 0 Å². The Hall–Kier alpha value is -2.75. The molecule has 24 heavy (non-hydrogen) atoms. The predicted molar refractivity (Wildman–Crippen MR) is 93.9 cm³/mol. The Morgan fingerprint density at radius 1 is 1.04 bits per heavy atom. The summed E-state index contributed by atoms with van der Waals surface area (Å²) in [7, 11) is 0. The molecule has 0 bridgehead atoms. The largest absolute Gasteiger partial charge is 0.488 e. The Morgan fingerprint density at radius 3 is 2.58 bits per heavy atom. The van der Waals surface area contributed by atoms with E-state index >= 15 is 0 Å². The summed E-state index contributed by atoms with van der Waals surface area (Å²) in [6, 6.07) is 17.9. The van der Waals surface area contributed by atoms with Gasteiger partial charge in [-0.05, 0) is 37.6 Å². The molecule has 0 N–H and O–H groups in total. The van der Waals surface area contributed by atoms with E-state index in [1.165, 1.54) is 0 Å². The van der Waals surface area contributed by atoms with E-state index in [1.54, 1.807) is 0 Å². The Bertz CT molecular complexity index is 821. The van der Waals surface area contributed by atoms with Crippen molar-refractivity contribution in [1.82, 2.24) is 4.57 Å². The van der Waals surface area contributed by atoms with Crippen LogP contribution in [-0.4, -0.2) is 16.6 Å². The van der Waals surface area contributed by atoms with Gasteiger partial charge in [-0.15, -0.1) is 0 Å². The molecule has 1 aromatic heterocycles. The lowest BCUT2D eigenvalue weighted by molar-refractivity contribution is -0.148. The summed E-state index contributed by atoms with van der Waals surface area (Å²) in [5, 5.41) is 0.991. The van der Waals surface area contributed by atoms with E-state index in [1.807, 2.05) is 79.2 Å². The lowest BCUT2D eigenvalue weighted by Crippen LogP contribution is -2.16. The van der Waals surface area contributed by atoms with Crippen LogP contribution >= 0.6 is 0 Å². The summed E-state index contributed by atoms with van der Waals surface area (Å²) in [6.45, 7) is 4.41. The van der Waals surface area contributed by atoms with Gasteiger partial charge in [0.25, 0.3) is 0 Å². The molecule has 0 fully saturated rings. The van der Waals surface area contributed by atoms with Crippen LogP contribution in [0.1, 0.15) is 19.4 Å². The maximum atomic E-state index is 11.9. The molecule has 2 aromatic carbocycles. The zero-order chi connectivity index (χ0) is 16.9. The first-order valence-electron chi connectivity index (χ1n) is 8.07. The van der Waals surface area contributed by atoms with Crippen LogP contribution in [0.25, 0.3) is 10.9 Å². The molecule has 4 nitrogen and oxygen atoms in total. The Kier molecular flexibility index (Phi) is 4.85. The molecule has 0 saturated heterocycles. The van der Waals surface area contributed by atoms with Gasteiger partial charge in [-0.3, -0.25) is 4.79 Å². The van der Waals surface area contributed by atoms with Crippen LogP contribution < -0.4 is 4.74 Å². The third-order valence-corrected chi connectivity index (χ3v) is 3.68. The fourth-order valence-corrected chi connectivity index (χ4v) is 2.63. The third-order valence-electron chi connectivity index (χ3n) is 3.68. The first-order chi connectivity index (χ1) is 11.6. The molecule has 0 saturated carbocycles. The van der Waals surface area contributed by atoms with E-state index < -0.39 is 0 Å². The van der Waals surface area contributed by atoms with Gasteiger partial charge in [0.05, 0.1) is 11.6 Å². The highest BCUT2D eigenvalue weighted by Gasteiger charge is 2.11. The van der Waals surface area contributed by atoms with Crippen molar-refractivity contribution in [3.63, 3.8) is 0 Å². The van der Waals surface area contributed by atoms with Gasteiger partial charge in [0.15, 0.2) is 0 Å². The van der Waals surface area contributed by atoms with Crippen molar-refractivity contribution < 1.29 is 14.3 Å². The van der Waals surface area contributed by atoms with Gasteiger partial charge in [0.2, 0.25) is 0 Å².